The molecule has 0 radical (unpaired) electrons. The Hall–Kier alpha value is -1.89. The van der Waals surface area contributed by atoms with Gasteiger partial charge in [0.25, 0.3) is 0 Å². The molecule has 1 unspecified atom stereocenters. The van der Waals surface area contributed by atoms with Crippen molar-refractivity contribution in [3.63, 3.8) is 0 Å². The van der Waals surface area contributed by atoms with Crippen LogP contribution >= 0.6 is 11.3 Å². The van der Waals surface area contributed by atoms with E-state index in [9.17, 15) is 4.79 Å². The van der Waals surface area contributed by atoms with Gasteiger partial charge in [-0.2, -0.15) is 5.10 Å². The SMILES string of the molecule is Cc1nc2c(s1)CCCC2CNC(=O)Nc1ccnn1C. The maximum absolute atomic E-state index is 11.9. The van der Waals surface area contributed by atoms with Crippen molar-refractivity contribution in [3.05, 3.63) is 27.8 Å². The fourth-order valence-electron chi connectivity index (χ4n) is 2.70. The summed E-state index contributed by atoms with van der Waals surface area (Å²) in [5.41, 5.74) is 1.18. The molecule has 2 amide bonds. The van der Waals surface area contributed by atoms with E-state index in [1.165, 1.54) is 17.0 Å². The number of carbonyl (C=O) groups excluding carboxylic acids is 1. The standard InChI is InChI=1S/C14H19N5OS/c1-9-17-13-10(4-3-5-11(13)21-9)8-15-14(20)18-12-6-7-16-19(12)2/h6-7,10H,3-5,8H2,1-2H3,(H2,15,18,20). The summed E-state index contributed by atoms with van der Waals surface area (Å²) in [6, 6.07) is 1.57. The zero-order chi connectivity index (χ0) is 14.8. The molecule has 3 rings (SSSR count). The van der Waals surface area contributed by atoms with E-state index in [1.807, 2.05) is 6.92 Å². The molecule has 1 aliphatic carbocycles. The van der Waals surface area contributed by atoms with Crippen LogP contribution in [-0.2, 0) is 13.5 Å². The molecule has 2 N–H and O–H groups in total. The third-order valence-electron chi connectivity index (χ3n) is 3.75. The predicted octanol–water partition coefficient (Wildman–Crippen LogP) is 2.43. The number of amides is 2. The van der Waals surface area contributed by atoms with Crippen LogP contribution in [0, 0.1) is 6.92 Å². The summed E-state index contributed by atoms with van der Waals surface area (Å²) in [6.07, 6.45) is 5.03. The number of carbonyl (C=O) groups is 1. The van der Waals surface area contributed by atoms with E-state index in [4.69, 9.17) is 0 Å². The van der Waals surface area contributed by atoms with Gasteiger partial charge in [-0.25, -0.2) is 9.78 Å². The number of nitrogens with zero attached hydrogens (tertiary/aromatic N) is 3. The minimum Gasteiger partial charge on any atom is -0.337 e. The van der Waals surface area contributed by atoms with Crippen molar-refractivity contribution < 1.29 is 4.79 Å². The Balaban J connectivity index is 1.58. The highest BCUT2D eigenvalue weighted by Crippen LogP contribution is 2.34. The van der Waals surface area contributed by atoms with Crippen molar-refractivity contribution in [3.8, 4) is 0 Å². The highest BCUT2D eigenvalue weighted by atomic mass is 32.1. The van der Waals surface area contributed by atoms with Crippen LogP contribution < -0.4 is 10.6 Å². The van der Waals surface area contributed by atoms with Crippen molar-refractivity contribution in [1.82, 2.24) is 20.1 Å². The summed E-state index contributed by atoms with van der Waals surface area (Å²) in [6.45, 7) is 2.67. The number of anilines is 1. The normalized spacial score (nSPS) is 17.3. The number of nitrogens with one attached hydrogen (secondary N) is 2. The maximum atomic E-state index is 11.9. The molecule has 2 aromatic rings. The number of thiazole rings is 1. The molecule has 1 aliphatic rings. The first-order valence-electron chi connectivity index (χ1n) is 7.12. The fourth-order valence-corrected chi connectivity index (χ4v) is 3.76. The van der Waals surface area contributed by atoms with Crippen LogP contribution in [0.5, 0.6) is 0 Å². The summed E-state index contributed by atoms with van der Waals surface area (Å²) >= 11 is 1.78. The first-order valence-corrected chi connectivity index (χ1v) is 7.94. The molecular weight excluding hydrogens is 286 g/mol. The smallest absolute Gasteiger partial charge is 0.320 e. The highest BCUT2D eigenvalue weighted by Gasteiger charge is 2.24. The van der Waals surface area contributed by atoms with Gasteiger partial charge in [0.1, 0.15) is 5.82 Å². The lowest BCUT2D eigenvalue weighted by molar-refractivity contribution is 0.251. The summed E-state index contributed by atoms with van der Waals surface area (Å²) in [5.74, 6) is 1.01. The van der Waals surface area contributed by atoms with Gasteiger partial charge in [-0.15, -0.1) is 11.3 Å². The van der Waals surface area contributed by atoms with Gasteiger partial charge in [-0.3, -0.25) is 10.00 Å². The van der Waals surface area contributed by atoms with Gasteiger partial charge >= 0.3 is 6.03 Å². The van der Waals surface area contributed by atoms with E-state index >= 15 is 0 Å². The van der Waals surface area contributed by atoms with Gasteiger partial charge < -0.3 is 5.32 Å². The van der Waals surface area contributed by atoms with Gasteiger partial charge in [0.05, 0.1) is 16.9 Å². The Morgan fingerprint density at radius 3 is 3.19 bits per heavy atom. The number of rotatable bonds is 3. The number of hydrogen-bond donors (Lipinski definition) is 2. The van der Waals surface area contributed by atoms with E-state index in [1.54, 1.807) is 35.3 Å². The Morgan fingerprint density at radius 2 is 2.43 bits per heavy atom. The van der Waals surface area contributed by atoms with E-state index in [0.717, 1.165) is 17.8 Å². The molecular formula is C14H19N5OS. The number of aryl methyl sites for hydroxylation is 3. The maximum Gasteiger partial charge on any atom is 0.320 e. The quantitative estimate of drug-likeness (QED) is 0.915. The first-order chi connectivity index (χ1) is 10.1. The molecule has 0 aliphatic heterocycles. The number of aromatic nitrogens is 3. The molecule has 2 heterocycles. The van der Waals surface area contributed by atoms with E-state index < -0.39 is 0 Å². The van der Waals surface area contributed by atoms with Gasteiger partial charge in [0, 0.05) is 30.5 Å². The molecule has 0 spiro atoms. The van der Waals surface area contributed by atoms with Crippen molar-refractivity contribution >= 4 is 23.2 Å². The number of urea groups is 1. The van der Waals surface area contributed by atoms with Crippen molar-refractivity contribution in [1.29, 1.82) is 0 Å². The molecule has 112 valence electrons. The van der Waals surface area contributed by atoms with Crippen LogP contribution in [0.15, 0.2) is 12.3 Å². The first kappa shape index (κ1) is 14.1. The zero-order valence-electron chi connectivity index (χ0n) is 12.2. The third-order valence-corrected chi connectivity index (χ3v) is 4.80. The minimum atomic E-state index is -0.197. The van der Waals surface area contributed by atoms with E-state index in [-0.39, 0.29) is 6.03 Å². The van der Waals surface area contributed by atoms with Gasteiger partial charge in [-0.1, -0.05) is 0 Å². The van der Waals surface area contributed by atoms with Crippen molar-refractivity contribution in [2.24, 2.45) is 7.05 Å². The Kier molecular flexibility index (Phi) is 3.92. The van der Waals surface area contributed by atoms with Crippen LogP contribution in [0.4, 0.5) is 10.6 Å². The van der Waals surface area contributed by atoms with Crippen molar-refractivity contribution in [2.45, 2.75) is 32.1 Å². The lowest BCUT2D eigenvalue weighted by atomic mass is 9.91. The van der Waals surface area contributed by atoms with Gasteiger partial charge in [-0.05, 0) is 26.2 Å². The molecule has 0 fully saturated rings. The Labute approximate surface area is 127 Å². The summed E-state index contributed by atoms with van der Waals surface area (Å²) < 4.78 is 1.63. The van der Waals surface area contributed by atoms with Crippen LogP contribution in [0.2, 0.25) is 0 Å². The second kappa shape index (κ2) is 5.85. The molecule has 0 bridgehead atoms. The van der Waals surface area contributed by atoms with E-state index in [0.29, 0.717) is 18.3 Å². The second-order valence-electron chi connectivity index (χ2n) is 5.31. The largest absolute Gasteiger partial charge is 0.337 e. The highest BCUT2D eigenvalue weighted by molar-refractivity contribution is 7.11. The molecule has 0 saturated heterocycles. The predicted molar refractivity (Wildman–Crippen MR) is 82.8 cm³/mol. The molecule has 6 nitrogen and oxygen atoms in total. The molecule has 1 atom stereocenters. The van der Waals surface area contributed by atoms with E-state index in [2.05, 4.69) is 20.7 Å². The minimum absolute atomic E-state index is 0.197. The van der Waals surface area contributed by atoms with Crippen LogP contribution in [0.3, 0.4) is 0 Å². The molecule has 0 aromatic carbocycles. The molecule has 0 saturated carbocycles. The van der Waals surface area contributed by atoms with Gasteiger partial charge in [0.15, 0.2) is 0 Å². The Morgan fingerprint density at radius 1 is 1.57 bits per heavy atom. The fraction of sp³-hybridized carbons (Fsp3) is 0.500. The molecule has 2 aromatic heterocycles. The van der Waals surface area contributed by atoms with Crippen LogP contribution in [0.1, 0.15) is 34.3 Å². The summed E-state index contributed by atoms with van der Waals surface area (Å²) in [4.78, 5) is 18.0. The van der Waals surface area contributed by atoms with Crippen LogP contribution in [0.25, 0.3) is 0 Å². The second-order valence-corrected chi connectivity index (χ2v) is 6.59. The lowest BCUT2D eigenvalue weighted by Crippen LogP contribution is -2.33. The zero-order valence-corrected chi connectivity index (χ0v) is 13.0. The summed E-state index contributed by atoms with van der Waals surface area (Å²) in [5, 5.41) is 10.9. The number of fused-ring (bicyclic) bond motifs is 1. The lowest BCUT2D eigenvalue weighted by Gasteiger charge is -2.21. The average Bonchev–Trinajstić information content (AvgIpc) is 3.02. The summed E-state index contributed by atoms with van der Waals surface area (Å²) in [7, 11) is 1.79. The topological polar surface area (TPSA) is 71.8 Å². The molecule has 7 heteroatoms. The monoisotopic (exact) mass is 305 g/mol. The Bertz CT molecular complexity index is 648. The van der Waals surface area contributed by atoms with Gasteiger partial charge in [0.2, 0.25) is 0 Å². The third kappa shape index (κ3) is 3.07. The van der Waals surface area contributed by atoms with Crippen molar-refractivity contribution in [2.75, 3.05) is 11.9 Å². The van der Waals surface area contributed by atoms with Crippen LogP contribution in [-0.4, -0.2) is 27.3 Å². The number of hydrogen-bond acceptors (Lipinski definition) is 4. The average molecular weight is 305 g/mol. The molecule has 21 heavy (non-hydrogen) atoms.